The summed E-state index contributed by atoms with van der Waals surface area (Å²) >= 11 is 0. The second kappa shape index (κ2) is 3.79. The van der Waals surface area contributed by atoms with Crippen molar-refractivity contribution in [1.82, 2.24) is 15.0 Å². The first-order chi connectivity index (χ1) is 8.36. The molecule has 0 amide bonds. The zero-order valence-corrected chi connectivity index (χ0v) is 8.95. The third-order valence-corrected chi connectivity index (χ3v) is 2.46. The van der Waals surface area contributed by atoms with Crippen LogP contribution in [-0.4, -0.2) is 15.0 Å². The predicted octanol–water partition coefficient (Wildman–Crippen LogP) is 2.11. The Labute approximate surface area is 97.5 Å². The third-order valence-electron chi connectivity index (χ3n) is 2.46. The molecule has 84 valence electrons. The molecule has 3 aromatic rings. The van der Waals surface area contributed by atoms with Crippen LogP contribution in [-0.2, 0) is 0 Å². The summed E-state index contributed by atoms with van der Waals surface area (Å²) in [6.07, 6.45) is 1.58. The quantitative estimate of drug-likeness (QED) is 0.726. The summed E-state index contributed by atoms with van der Waals surface area (Å²) in [4.78, 5) is 0. The van der Waals surface area contributed by atoms with E-state index in [4.69, 9.17) is 10.2 Å². The highest BCUT2D eigenvalue weighted by atomic mass is 16.3. The SMILES string of the molecule is Nc1c(-c2ccco2)nnn1-c1ccccc1. The fourth-order valence-electron chi connectivity index (χ4n) is 1.64. The highest BCUT2D eigenvalue weighted by Crippen LogP contribution is 2.25. The van der Waals surface area contributed by atoms with Crippen molar-refractivity contribution >= 4 is 5.82 Å². The summed E-state index contributed by atoms with van der Waals surface area (Å²) < 4.78 is 6.83. The summed E-state index contributed by atoms with van der Waals surface area (Å²) in [5.74, 6) is 1.08. The lowest BCUT2D eigenvalue weighted by molar-refractivity contribution is 0.580. The minimum absolute atomic E-state index is 0.464. The Morgan fingerprint density at radius 1 is 1.06 bits per heavy atom. The number of furan rings is 1. The maximum absolute atomic E-state index is 6.00. The fourth-order valence-corrected chi connectivity index (χ4v) is 1.64. The second-order valence-corrected chi connectivity index (χ2v) is 3.55. The molecule has 3 rings (SSSR count). The first-order valence-electron chi connectivity index (χ1n) is 5.17. The number of hydrogen-bond acceptors (Lipinski definition) is 4. The van der Waals surface area contributed by atoms with Gasteiger partial charge in [0, 0.05) is 0 Å². The summed E-state index contributed by atoms with van der Waals surface area (Å²) in [7, 11) is 0. The van der Waals surface area contributed by atoms with Crippen LogP contribution in [0, 0.1) is 0 Å². The maximum atomic E-state index is 6.00. The van der Waals surface area contributed by atoms with Crippen LogP contribution in [0.3, 0.4) is 0 Å². The molecule has 2 heterocycles. The molecule has 5 nitrogen and oxygen atoms in total. The molecule has 2 N–H and O–H groups in total. The van der Waals surface area contributed by atoms with Crippen LogP contribution in [0.15, 0.2) is 53.1 Å². The molecule has 17 heavy (non-hydrogen) atoms. The molecule has 0 unspecified atom stereocenters. The molecule has 0 saturated heterocycles. The lowest BCUT2D eigenvalue weighted by Crippen LogP contribution is -2.01. The summed E-state index contributed by atoms with van der Waals surface area (Å²) in [6.45, 7) is 0. The smallest absolute Gasteiger partial charge is 0.172 e. The molecule has 2 aromatic heterocycles. The lowest BCUT2D eigenvalue weighted by atomic mass is 10.3. The largest absolute Gasteiger partial charge is 0.463 e. The van der Waals surface area contributed by atoms with Gasteiger partial charge in [0.2, 0.25) is 0 Å². The van der Waals surface area contributed by atoms with Crippen LogP contribution < -0.4 is 5.73 Å². The van der Waals surface area contributed by atoms with Crippen molar-refractivity contribution in [2.75, 3.05) is 5.73 Å². The normalized spacial score (nSPS) is 10.6. The van der Waals surface area contributed by atoms with Crippen LogP contribution in [0.2, 0.25) is 0 Å². The molecule has 0 bridgehead atoms. The van der Waals surface area contributed by atoms with Gasteiger partial charge in [-0.1, -0.05) is 23.4 Å². The predicted molar refractivity (Wildman–Crippen MR) is 63.5 cm³/mol. The van der Waals surface area contributed by atoms with E-state index in [9.17, 15) is 0 Å². The van der Waals surface area contributed by atoms with E-state index in [0.717, 1.165) is 5.69 Å². The summed E-state index contributed by atoms with van der Waals surface area (Å²) in [5, 5.41) is 8.05. The Morgan fingerprint density at radius 3 is 2.59 bits per heavy atom. The molecule has 0 radical (unpaired) electrons. The molecule has 1 aromatic carbocycles. The van der Waals surface area contributed by atoms with Crippen molar-refractivity contribution in [2.24, 2.45) is 0 Å². The summed E-state index contributed by atoms with van der Waals surface area (Å²) in [5.41, 5.74) is 7.43. The molecule has 0 aliphatic carbocycles. The van der Waals surface area contributed by atoms with E-state index in [1.807, 2.05) is 30.3 Å². The van der Waals surface area contributed by atoms with E-state index < -0.39 is 0 Å². The van der Waals surface area contributed by atoms with Crippen molar-refractivity contribution < 1.29 is 4.42 Å². The van der Waals surface area contributed by atoms with Gasteiger partial charge in [-0.25, -0.2) is 0 Å². The topological polar surface area (TPSA) is 69.9 Å². The number of nitrogens with zero attached hydrogens (tertiary/aromatic N) is 3. The Hall–Kier alpha value is -2.56. The monoisotopic (exact) mass is 226 g/mol. The van der Waals surface area contributed by atoms with Crippen molar-refractivity contribution in [2.45, 2.75) is 0 Å². The minimum atomic E-state index is 0.464. The van der Waals surface area contributed by atoms with E-state index in [0.29, 0.717) is 17.3 Å². The molecule has 0 aliphatic rings. The summed E-state index contributed by atoms with van der Waals surface area (Å²) in [6, 6.07) is 13.2. The van der Waals surface area contributed by atoms with Crippen molar-refractivity contribution in [3.63, 3.8) is 0 Å². The van der Waals surface area contributed by atoms with Gasteiger partial charge in [-0.2, -0.15) is 4.68 Å². The van der Waals surface area contributed by atoms with Crippen molar-refractivity contribution in [1.29, 1.82) is 0 Å². The van der Waals surface area contributed by atoms with Crippen molar-refractivity contribution in [3.05, 3.63) is 48.7 Å². The van der Waals surface area contributed by atoms with Gasteiger partial charge >= 0.3 is 0 Å². The Bertz CT molecular complexity index is 613. The van der Waals surface area contributed by atoms with E-state index in [2.05, 4.69) is 10.3 Å². The van der Waals surface area contributed by atoms with Gasteiger partial charge in [0.25, 0.3) is 0 Å². The molecular formula is C12H10N4O. The first kappa shape index (κ1) is 9.65. The number of nitrogen functional groups attached to an aromatic ring is 1. The van der Waals surface area contributed by atoms with Crippen LogP contribution in [0.4, 0.5) is 5.82 Å². The number of hydrogen-bond donors (Lipinski definition) is 1. The standard InChI is InChI=1S/C12H10N4O/c13-12-11(10-7-4-8-17-10)14-15-16(12)9-5-2-1-3-6-9/h1-8H,13H2. The lowest BCUT2D eigenvalue weighted by Gasteiger charge is -2.01. The zero-order chi connectivity index (χ0) is 11.7. The van der Waals surface area contributed by atoms with Crippen LogP contribution >= 0.6 is 0 Å². The first-order valence-corrected chi connectivity index (χ1v) is 5.17. The Kier molecular flexibility index (Phi) is 2.15. The molecule has 0 fully saturated rings. The number of aromatic nitrogens is 3. The second-order valence-electron chi connectivity index (χ2n) is 3.55. The third kappa shape index (κ3) is 1.57. The van der Waals surface area contributed by atoms with E-state index in [1.165, 1.54) is 0 Å². The number of rotatable bonds is 2. The molecule has 0 saturated carbocycles. The molecule has 0 atom stereocenters. The average Bonchev–Trinajstić information content (AvgIpc) is 2.99. The van der Waals surface area contributed by atoms with Crippen molar-refractivity contribution in [3.8, 4) is 17.1 Å². The van der Waals surface area contributed by atoms with Crippen LogP contribution in [0.1, 0.15) is 0 Å². The highest BCUT2D eigenvalue weighted by molar-refractivity contribution is 5.66. The fraction of sp³-hybridized carbons (Fsp3) is 0. The van der Waals surface area contributed by atoms with Gasteiger partial charge < -0.3 is 10.2 Å². The Balaban J connectivity index is 2.10. The zero-order valence-electron chi connectivity index (χ0n) is 8.95. The number of para-hydroxylation sites is 1. The molecule has 5 heteroatoms. The van der Waals surface area contributed by atoms with Gasteiger partial charge in [0.15, 0.2) is 17.3 Å². The maximum Gasteiger partial charge on any atom is 0.172 e. The molecule has 0 aliphatic heterocycles. The van der Waals surface area contributed by atoms with Gasteiger partial charge in [-0.15, -0.1) is 5.10 Å². The molecule has 0 spiro atoms. The van der Waals surface area contributed by atoms with E-state index in [1.54, 1.807) is 23.1 Å². The minimum Gasteiger partial charge on any atom is -0.463 e. The van der Waals surface area contributed by atoms with Gasteiger partial charge in [0.05, 0.1) is 12.0 Å². The van der Waals surface area contributed by atoms with Gasteiger partial charge in [-0.3, -0.25) is 0 Å². The highest BCUT2D eigenvalue weighted by Gasteiger charge is 2.14. The Morgan fingerprint density at radius 2 is 1.88 bits per heavy atom. The van der Waals surface area contributed by atoms with Crippen LogP contribution in [0.25, 0.3) is 17.1 Å². The van der Waals surface area contributed by atoms with E-state index >= 15 is 0 Å². The number of nitrogens with two attached hydrogens (primary N) is 1. The average molecular weight is 226 g/mol. The van der Waals surface area contributed by atoms with E-state index in [-0.39, 0.29) is 0 Å². The molecular weight excluding hydrogens is 216 g/mol. The van der Waals surface area contributed by atoms with Gasteiger partial charge in [0.1, 0.15) is 0 Å². The number of benzene rings is 1. The number of anilines is 1. The van der Waals surface area contributed by atoms with Crippen LogP contribution in [0.5, 0.6) is 0 Å². The van der Waals surface area contributed by atoms with Gasteiger partial charge in [-0.05, 0) is 24.3 Å².